The van der Waals surface area contributed by atoms with Gasteiger partial charge in [-0.2, -0.15) is 5.26 Å². The zero-order chi connectivity index (χ0) is 32.2. The second kappa shape index (κ2) is 9.66. The van der Waals surface area contributed by atoms with Crippen molar-refractivity contribution in [2.24, 2.45) is 0 Å². The molecule has 0 atom stereocenters. The monoisotopic (exact) mass is 625 g/mol. The Balaban J connectivity index is 1.37. The van der Waals surface area contributed by atoms with Crippen molar-refractivity contribution in [3.05, 3.63) is 151 Å². The third-order valence-electron chi connectivity index (χ3n) is 10.3. The van der Waals surface area contributed by atoms with Gasteiger partial charge in [-0.15, -0.1) is 0 Å². The lowest BCUT2D eigenvalue weighted by atomic mass is 9.34. The van der Waals surface area contributed by atoms with Crippen LogP contribution in [0.25, 0.3) is 55.0 Å². The fraction of sp³-hybridized carbons (Fsp3) is 0. The van der Waals surface area contributed by atoms with Gasteiger partial charge in [-0.3, -0.25) is 0 Å². The quantitative estimate of drug-likeness (QED) is 0.181. The maximum atomic E-state index is 11.4. The number of aromatic nitrogens is 2. The Bertz CT molecular complexity index is 2820. The molecule has 49 heavy (non-hydrogen) atoms. The van der Waals surface area contributed by atoms with Gasteiger partial charge in [0.25, 0.3) is 6.71 Å². The van der Waals surface area contributed by atoms with E-state index >= 15 is 0 Å². The zero-order valence-corrected chi connectivity index (χ0v) is 26.1. The van der Waals surface area contributed by atoms with Crippen LogP contribution < -0.4 is 25.9 Å². The summed E-state index contributed by atoms with van der Waals surface area (Å²) in [6.45, 7) is -0.175. The first kappa shape index (κ1) is 26.4. The van der Waals surface area contributed by atoms with E-state index in [4.69, 9.17) is 9.47 Å². The van der Waals surface area contributed by atoms with E-state index < -0.39 is 0 Å². The average Bonchev–Trinajstić information content (AvgIpc) is 3.67. The van der Waals surface area contributed by atoms with Gasteiger partial charge in [0.15, 0.2) is 0 Å². The molecule has 2 aliphatic rings. The fourth-order valence-electron chi connectivity index (χ4n) is 8.33. The Morgan fingerprint density at radius 2 is 0.980 bits per heavy atom. The lowest BCUT2D eigenvalue weighted by Crippen LogP contribution is -2.57. The standard InChI is InChI=1S/C43H24BN3O2/c45-25-30-37(46-33-17-6-1-12-26(33)27-13-2-7-18-34(27)46)24-32-43(42(30)47-35-19-8-3-14-28(35)29-15-4-9-20-36(29)47)49-40-23-11-22-39-41(40)44(32)31-16-5-10-21-38(31)48-39/h1-24H. The van der Waals surface area contributed by atoms with E-state index in [-0.39, 0.29) is 6.71 Å². The van der Waals surface area contributed by atoms with Crippen LogP contribution in [0.15, 0.2) is 146 Å². The number of nitriles is 1. The SMILES string of the molecule is N#Cc1c(-n2c3ccccc3c3ccccc32)cc2c(c1-n1c3ccccc3c3ccccc31)Oc1cccc3c1B2c1ccccc1O3. The predicted octanol–water partition coefficient (Wildman–Crippen LogP) is 8.48. The number of rotatable bonds is 2. The molecule has 2 aromatic heterocycles. The minimum absolute atomic E-state index is 0.175. The lowest BCUT2D eigenvalue weighted by molar-refractivity contribution is 0.463. The van der Waals surface area contributed by atoms with Gasteiger partial charge >= 0.3 is 0 Å². The molecular formula is C43H24BN3O2. The normalized spacial score (nSPS) is 12.8. The Morgan fingerprint density at radius 3 is 1.57 bits per heavy atom. The molecular weight excluding hydrogens is 601 g/mol. The van der Waals surface area contributed by atoms with Crippen molar-refractivity contribution in [3.63, 3.8) is 0 Å². The molecule has 0 N–H and O–H groups in total. The average molecular weight is 625 g/mol. The molecule has 6 heteroatoms. The molecule has 0 amide bonds. The number of hydrogen-bond acceptors (Lipinski definition) is 3. The van der Waals surface area contributed by atoms with Crippen molar-refractivity contribution in [2.75, 3.05) is 0 Å². The van der Waals surface area contributed by atoms with E-state index in [2.05, 4.69) is 130 Å². The van der Waals surface area contributed by atoms with Crippen molar-refractivity contribution in [1.29, 1.82) is 5.26 Å². The summed E-state index contributed by atoms with van der Waals surface area (Å²) in [4.78, 5) is 0. The Labute approximate surface area is 281 Å². The maximum Gasteiger partial charge on any atom is 0.260 e. The molecule has 0 spiro atoms. The van der Waals surface area contributed by atoms with Crippen LogP contribution in [0.2, 0.25) is 0 Å². The predicted molar refractivity (Wildman–Crippen MR) is 198 cm³/mol. The van der Waals surface area contributed by atoms with E-state index in [1.54, 1.807) is 0 Å². The van der Waals surface area contributed by atoms with Crippen LogP contribution in [-0.2, 0) is 0 Å². The molecule has 2 aliphatic heterocycles. The van der Waals surface area contributed by atoms with Crippen LogP contribution in [-0.4, -0.2) is 15.8 Å². The van der Waals surface area contributed by atoms with Gasteiger partial charge in [0.05, 0.1) is 27.8 Å². The van der Waals surface area contributed by atoms with Crippen molar-refractivity contribution >= 4 is 66.7 Å². The molecule has 226 valence electrons. The van der Waals surface area contributed by atoms with E-state index in [1.165, 1.54) is 0 Å². The summed E-state index contributed by atoms with van der Waals surface area (Å²) in [5.41, 5.74) is 9.24. The van der Waals surface area contributed by atoms with E-state index in [0.29, 0.717) is 11.3 Å². The number of ether oxygens (including phenoxy) is 2. The van der Waals surface area contributed by atoms with E-state index in [0.717, 1.165) is 88.6 Å². The van der Waals surface area contributed by atoms with Gasteiger partial charge in [0, 0.05) is 27.0 Å². The minimum atomic E-state index is -0.175. The summed E-state index contributed by atoms with van der Waals surface area (Å²) >= 11 is 0. The van der Waals surface area contributed by atoms with Crippen molar-refractivity contribution in [1.82, 2.24) is 9.13 Å². The van der Waals surface area contributed by atoms with Gasteiger partial charge in [0.1, 0.15) is 40.3 Å². The number of nitrogens with zero attached hydrogens (tertiary/aromatic N) is 3. The van der Waals surface area contributed by atoms with E-state index in [9.17, 15) is 5.26 Å². The molecule has 0 radical (unpaired) electrons. The van der Waals surface area contributed by atoms with Crippen LogP contribution in [0.3, 0.4) is 0 Å². The summed E-state index contributed by atoms with van der Waals surface area (Å²) < 4.78 is 18.0. The Kier molecular flexibility index (Phi) is 5.20. The van der Waals surface area contributed by atoms with Gasteiger partial charge in [-0.1, -0.05) is 97.1 Å². The number of benzene rings is 7. The summed E-state index contributed by atoms with van der Waals surface area (Å²) in [6, 6.07) is 52.9. The van der Waals surface area contributed by atoms with Crippen LogP contribution in [0, 0.1) is 11.3 Å². The molecule has 9 aromatic rings. The summed E-state index contributed by atoms with van der Waals surface area (Å²) in [5.74, 6) is 3.03. The van der Waals surface area contributed by atoms with Gasteiger partial charge in [-0.25, -0.2) is 0 Å². The molecule has 11 rings (SSSR count). The van der Waals surface area contributed by atoms with Crippen LogP contribution >= 0.6 is 0 Å². The molecule has 7 aromatic carbocycles. The first-order chi connectivity index (χ1) is 24.3. The van der Waals surface area contributed by atoms with Gasteiger partial charge < -0.3 is 18.6 Å². The number of fused-ring (bicyclic) bond motifs is 10. The third kappa shape index (κ3) is 3.43. The lowest BCUT2D eigenvalue weighted by Gasteiger charge is -2.34. The molecule has 0 saturated heterocycles. The highest BCUT2D eigenvalue weighted by atomic mass is 16.5. The zero-order valence-electron chi connectivity index (χ0n) is 26.1. The van der Waals surface area contributed by atoms with E-state index in [1.807, 2.05) is 30.3 Å². The molecule has 4 heterocycles. The van der Waals surface area contributed by atoms with Crippen LogP contribution in [0.1, 0.15) is 5.56 Å². The Morgan fingerprint density at radius 1 is 0.490 bits per heavy atom. The fourth-order valence-corrected chi connectivity index (χ4v) is 8.33. The van der Waals surface area contributed by atoms with Crippen LogP contribution in [0.5, 0.6) is 23.0 Å². The Hall–Kier alpha value is -6.71. The summed E-state index contributed by atoms with van der Waals surface area (Å²) in [7, 11) is 0. The third-order valence-corrected chi connectivity index (χ3v) is 10.3. The first-order valence-electron chi connectivity index (χ1n) is 16.5. The molecule has 0 bridgehead atoms. The molecule has 0 unspecified atom stereocenters. The molecule has 0 saturated carbocycles. The summed E-state index contributed by atoms with van der Waals surface area (Å²) in [6.07, 6.45) is 0. The second-order valence-corrected chi connectivity index (χ2v) is 12.7. The second-order valence-electron chi connectivity index (χ2n) is 12.7. The smallest absolute Gasteiger partial charge is 0.260 e. The highest BCUT2D eigenvalue weighted by Crippen LogP contribution is 2.44. The van der Waals surface area contributed by atoms with Gasteiger partial charge in [0.2, 0.25) is 0 Å². The highest BCUT2D eigenvalue weighted by molar-refractivity contribution is 6.98. The minimum Gasteiger partial charge on any atom is -0.458 e. The van der Waals surface area contributed by atoms with Crippen molar-refractivity contribution in [3.8, 4) is 40.4 Å². The molecule has 0 aliphatic carbocycles. The van der Waals surface area contributed by atoms with Crippen molar-refractivity contribution in [2.45, 2.75) is 0 Å². The highest BCUT2D eigenvalue weighted by Gasteiger charge is 2.42. The van der Waals surface area contributed by atoms with Crippen molar-refractivity contribution < 1.29 is 9.47 Å². The van der Waals surface area contributed by atoms with Gasteiger partial charge in [-0.05, 0) is 59.5 Å². The first-order valence-corrected chi connectivity index (χ1v) is 16.5. The topological polar surface area (TPSA) is 52.1 Å². The molecule has 5 nitrogen and oxygen atoms in total. The summed E-state index contributed by atoms with van der Waals surface area (Å²) in [5, 5.41) is 15.9. The number of hydrogen-bond donors (Lipinski definition) is 0. The largest absolute Gasteiger partial charge is 0.458 e. The molecule has 0 fully saturated rings. The number of para-hydroxylation sites is 5. The van der Waals surface area contributed by atoms with Crippen LogP contribution in [0.4, 0.5) is 0 Å². The maximum absolute atomic E-state index is 11.4.